The van der Waals surface area contributed by atoms with Gasteiger partial charge in [-0.15, -0.1) is 0 Å². The molecule has 0 bridgehead atoms. The number of rotatable bonds is 2. The SMILES string of the molecule is Cc1ccc(O)c(NC(=O)C(=O)Nc2ccc3c(c2)OCO3)c1. The van der Waals surface area contributed by atoms with Crippen molar-refractivity contribution in [1.29, 1.82) is 0 Å². The van der Waals surface area contributed by atoms with E-state index in [2.05, 4.69) is 10.6 Å². The Morgan fingerprint density at radius 3 is 2.57 bits per heavy atom. The molecule has 0 fully saturated rings. The molecule has 1 aliphatic rings. The molecule has 1 heterocycles. The van der Waals surface area contributed by atoms with Crippen LogP contribution in [0.25, 0.3) is 0 Å². The average Bonchev–Trinajstić information content (AvgIpc) is 2.98. The molecule has 0 aromatic heterocycles. The minimum Gasteiger partial charge on any atom is -0.506 e. The number of phenols is 1. The van der Waals surface area contributed by atoms with Crippen molar-refractivity contribution in [3.05, 3.63) is 42.0 Å². The predicted molar refractivity (Wildman–Crippen MR) is 82.7 cm³/mol. The molecule has 0 radical (unpaired) electrons. The maximum atomic E-state index is 11.9. The topological polar surface area (TPSA) is 96.9 Å². The molecule has 1 aliphatic heterocycles. The van der Waals surface area contributed by atoms with Gasteiger partial charge >= 0.3 is 11.8 Å². The number of benzene rings is 2. The number of hydrogen-bond donors (Lipinski definition) is 3. The van der Waals surface area contributed by atoms with Gasteiger partial charge in [0.05, 0.1) is 5.69 Å². The van der Waals surface area contributed by atoms with Crippen molar-refractivity contribution in [1.82, 2.24) is 0 Å². The second-order valence-corrected chi connectivity index (χ2v) is 5.00. The molecule has 23 heavy (non-hydrogen) atoms. The highest BCUT2D eigenvalue weighted by atomic mass is 16.7. The summed E-state index contributed by atoms with van der Waals surface area (Å²) in [7, 11) is 0. The van der Waals surface area contributed by atoms with Crippen LogP contribution in [0.1, 0.15) is 5.56 Å². The fourth-order valence-corrected chi connectivity index (χ4v) is 2.09. The van der Waals surface area contributed by atoms with Crippen molar-refractivity contribution in [2.75, 3.05) is 17.4 Å². The van der Waals surface area contributed by atoms with E-state index in [1.165, 1.54) is 6.07 Å². The zero-order valence-electron chi connectivity index (χ0n) is 12.3. The monoisotopic (exact) mass is 314 g/mol. The molecule has 0 spiro atoms. The van der Waals surface area contributed by atoms with E-state index >= 15 is 0 Å². The van der Waals surface area contributed by atoms with Crippen LogP contribution in [0, 0.1) is 6.92 Å². The van der Waals surface area contributed by atoms with Gasteiger partial charge in [0.25, 0.3) is 0 Å². The van der Waals surface area contributed by atoms with Gasteiger partial charge < -0.3 is 25.2 Å². The molecular weight excluding hydrogens is 300 g/mol. The first-order chi connectivity index (χ1) is 11.0. The molecule has 2 amide bonds. The highest BCUT2D eigenvalue weighted by Gasteiger charge is 2.18. The van der Waals surface area contributed by atoms with E-state index in [-0.39, 0.29) is 18.2 Å². The summed E-state index contributed by atoms with van der Waals surface area (Å²) < 4.78 is 10.4. The van der Waals surface area contributed by atoms with Gasteiger partial charge in [-0.1, -0.05) is 6.07 Å². The Kier molecular flexibility index (Phi) is 3.76. The Morgan fingerprint density at radius 2 is 1.74 bits per heavy atom. The summed E-state index contributed by atoms with van der Waals surface area (Å²) in [6.07, 6.45) is 0. The van der Waals surface area contributed by atoms with E-state index < -0.39 is 11.8 Å². The Hall–Kier alpha value is -3.22. The number of hydrogen-bond acceptors (Lipinski definition) is 5. The summed E-state index contributed by atoms with van der Waals surface area (Å²) in [6, 6.07) is 9.52. The van der Waals surface area contributed by atoms with Gasteiger partial charge in [0.15, 0.2) is 11.5 Å². The van der Waals surface area contributed by atoms with Gasteiger partial charge in [0.1, 0.15) is 5.75 Å². The Bertz CT molecular complexity index is 788. The summed E-state index contributed by atoms with van der Waals surface area (Å²) in [6.45, 7) is 1.93. The van der Waals surface area contributed by atoms with Gasteiger partial charge in [-0.05, 0) is 36.8 Å². The van der Waals surface area contributed by atoms with Gasteiger partial charge in [-0.3, -0.25) is 9.59 Å². The number of anilines is 2. The van der Waals surface area contributed by atoms with Crippen LogP contribution in [0.5, 0.6) is 17.2 Å². The number of nitrogens with one attached hydrogen (secondary N) is 2. The van der Waals surface area contributed by atoms with Crippen LogP contribution in [0.2, 0.25) is 0 Å². The number of phenolic OH excluding ortho intramolecular Hbond substituents is 1. The first-order valence-corrected chi connectivity index (χ1v) is 6.84. The molecule has 0 unspecified atom stereocenters. The van der Waals surface area contributed by atoms with Crippen molar-refractivity contribution in [2.24, 2.45) is 0 Å². The standard InChI is InChI=1S/C16H14N2O5/c1-9-2-4-12(19)11(6-9)18-16(21)15(20)17-10-3-5-13-14(7-10)23-8-22-13/h2-7,19H,8H2,1H3,(H,17,20)(H,18,21). The van der Waals surface area contributed by atoms with Crippen LogP contribution in [-0.2, 0) is 9.59 Å². The summed E-state index contributed by atoms with van der Waals surface area (Å²) in [5.41, 5.74) is 1.42. The molecule has 2 aromatic rings. The minimum absolute atomic E-state index is 0.111. The third-order valence-corrected chi connectivity index (χ3v) is 3.24. The number of carbonyl (C=O) groups is 2. The molecule has 7 nitrogen and oxygen atoms in total. The highest BCUT2D eigenvalue weighted by molar-refractivity contribution is 6.43. The fourth-order valence-electron chi connectivity index (χ4n) is 2.09. The maximum Gasteiger partial charge on any atom is 0.314 e. The normalized spacial score (nSPS) is 11.9. The zero-order chi connectivity index (χ0) is 16.4. The highest BCUT2D eigenvalue weighted by Crippen LogP contribution is 2.34. The van der Waals surface area contributed by atoms with Crippen molar-refractivity contribution in [3.8, 4) is 17.2 Å². The molecule has 3 N–H and O–H groups in total. The van der Waals surface area contributed by atoms with Crippen molar-refractivity contribution < 1.29 is 24.2 Å². The van der Waals surface area contributed by atoms with E-state index in [1.54, 1.807) is 30.3 Å². The van der Waals surface area contributed by atoms with E-state index in [1.807, 2.05) is 6.92 Å². The summed E-state index contributed by atoms with van der Waals surface area (Å²) >= 11 is 0. The second-order valence-electron chi connectivity index (χ2n) is 5.00. The number of aryl methyl sites for hydroxylation is 1. The lowest BCUT2D eigenvalue weighted by Gasteiger charge is -2.09. The molecule has 7 heteroatoms. The van der Waals surface area contributed by atoms with Crippen LogP contribution >= 0.6 is 0 Å². The van der Waals surface area contributed by atoms with Gasteiger partial charge in [0, 0.05) is 11.8 Å². The second kappa shape index (κ2) is 5.88. The third kappa shape index (κ3) is 3.18. The predicted octanol–water partition coefficient (Wildman–Crippen LogP) is 2.01. The maximum absolute atomic E-state index is 11.9. The molecule has 2 aromatic carbocycles. The third-order valence-electron chi connectivity index (χ3n) is 3.24. The van der Waals surface area contributed by atoms with Gasteiger partial charge in [0.2, 0.25) is 6.79 Å². The molecule has 0 saturated carbocycles. The molecule has 0 saturated heterocycles. The van der Waals surface area contributed by atoms with Crippen LogP contribution in [-0.4, -0.2) is 23.7 Å². The first kappa shape index (κ1) is 14.7. The summed E-state index contributed by atoms with van der Waals surface area (Å²) in [5.74, 6) is -0.773. The lowest BCUT2D eigenvalue weighted by atomic mass is 10.2. The quantitative estimate of drug-likeness (QED) is 0.582. The number of ether oxygens (including phenoxy) is 2. The molecule has 0 aliphatic carbocycles. The fraction of sp³-hybridized carbons (Fsp3) is 0.125. The summed E-state index contributed by atoms with van der Waals surface area (Å²) in [4.78, 5) is 23.9. The van der Waals surface area contributed by atoms with Crippen molar-refractivity contribution in [2.45, 2.75) is 6.92 Å². The number of aromatic hydroxyl groups is 1. The average molecular weight is 314 g/mol. The summed E-state index contributed by atoms with van der Waals surface area (Å²) in [5, 5.41) is 14.5. The Morgan fingerprint density at radius 1 is 1.00 bits per heavy atom. The minimum atomic E-state index is -0.886. The first-order valence-electron chi connectivity index (χ1n) is 6.84. The van der Waals surface area contributed by atoms with Crippen LogP contribution < -0.4 is 20.1 Å². The van der Waals surface area contributed by atoms with E-state index in [4.69, 9.17) is 9.47 Å². The molecular formula is C16H14N2O5. The zero-order valence-corrected chi connectivity index (χ0v) is 12.3. The lowest BCUT2D eigenvalue weighted by Crippen LogP contribution is -2.29. The van der Waals surface area contributed by atoms with E-state index in [9.17, 15) is 14.7 Å². The van der Waals surface area contributed by atoms with Gasteiger partial charge in [-0.25, -0.2) is 0 Å². The molecule has 3 rings (SSSR count). The van der Waals surface area contributed by atoms with E-state index in [0.717, 1.165) is 5.56 Å². The number of carbonyl (C=O) groups excluding carboxylic acids is 2. The Balaban J connectivity index is 1.68. The number of amides is 2. The Labute approximate surface area is 131 Å². The van der Waals surface area contributed by atoms with Crippen molar-refractivity contribution in [3.63, 3.8) is 0 Å². The van der Waals surface area contributed by atoms with Crippen LogP contribution in [0.15, 0.2) is 36.4 Å². The molecule has 0 atom stereocenters. The molecule has 118 valence electrons. The van der Waals surface area contributed by atoms with Crippen LogP contribution in [0.4, 0.5) is 11.4 Å². The van der Waals surface area contributed by atoms with Crippen LogP contribution in [0.3, 0.4) is 0 Å². The smallest absolute Gasteiger partial charge is 0.314 e. The largest absolute Gasteiger partial charge is 0.506 e. The number of fused-ring (bicyclic) bond motifs is 1. The van der Waals surface area contributed by atoms with E-state index in [0.29, 0.717) is 17.2 Å². The lowest BCUT2D eigenvalue weighted by molar-refractivity contribution is -0.133. The van der Waals surface area contributed by atoms with Crippen molar-refractivity contribution >= 4 is 23.2 Å². The van der Waals surface area contributed by atoms with Gasteiger partial charge in [-0.2, -0.15) is 0 Å².